The molecule has 0 spiro atoms. The number of hydrogen-bond donors (Lipinski definition) is 2. The molecular formula is C14H27N3O4. The van der Waals surface area contributed by atoms with Crippen LogP contribution >= 0.6 is 0 Å². The minimum atomic E-state index is -0.919. The highest BCUT2D eigenvalue weighted by atomic mass is 16.5. The first-order chi connectivity index (χ1) is 9.70. The summed E-state index contributed by atoms with van der Waals surface area (Å²) in [5, 5.41) is 12.1. The van der Waals surface area contributed by atoms with Crippen molar-refractivity contribution in [2.75, 3.05) is 40.4 Å². The van der Waals surface area contributed by atoms with E-state index >= 15 is 0 Å². The zero-order valence-electron chi connectivity index (χ0n) is 13.5. The Morgan fingerprint density at radius 1 is 1.33 bits per heavy atom. The molecule has 1 aliphatic heterocycles. The Hall–Kier alpha value is -1.34. The molecule has 122 valence electrons. The monoisotopic (exact) mass is 301 g/mol. The average Bonchev–Trinajstić information content (AvgIpc) is 2.86. The fraction of sp³-hybridized carbons (Fsp3) is 0.857. The van der Waals surface area contributed by atoms with Crippen molar-refractivity contribution >= 4 is 12.0 Å². The quantitative estimate of drug-likeness (QED) is 0.745. The van der Waals surface area contributed by atoms with Gasteiger partial charge >= 0.3 is 12.0 Å². The SMILES string of the molecule is CCN(C(=O)NCC(C)(C)N(C)C)C1COCC1C(=O)O. The molecule has 2 atom stereocenters. The molecule has 1 heterocycles. The number of amides is 2. The van der Waals surface area contributed by atoms with Crippen LogP contribution in [0.3, 0.4) is 0 Å². The van der Waals surface area contributed by atoms with Crippen molar-refractivity contribution in [2.24, 2.45) is 5.92 Å². The van der Waals surface area contributed by atoms with Crippen LogP contribution in [0.2, 0.25) is 0 Å². The molecule has 1 aliphatic rings. The predicted octanol–water partition coefficient (Wildman–Crippen LogP) is 0.458. The molecule has 21 heavy (non-hydrogen) atoms. The second-order valence-electron chi connectivity index (χ2n) is 6.20. The topological polar surface area (TPSA) is 82.1 Å². The van der Waals surface area contributed by atoms with Gasteiger partial charge < -0.3 is 25.0 Å². The molecule has 7 heteroatoms. The Morgan fingerprint density at radius 3 is 2.43 bits per heavy atom. The van der Waals surface area contributed by atoms with Crippen molar-refractivity contribution in [1.29, 1.82) is 0 Å². The van der Waals surface area contributed by atoms with Crippen LogP contribution in [0.1, 0.15) is 20.8 Å². The summed E-state index contributed by atoms with van der Waals surface area (Å²) in [6.45, 7) is 7.27. The molecule has 0 aromatic heterocycles. The number of carbonyl (C=O) groups is 2. The van der Waals surface area contributed by atoms with Gasteiger partial charge in [-0.25, -0.2) is 4.79 Å². The summed E-state index contributed by atoms with van der Waals surface area (Å²) in [4.78, 5) is 27.1. The molecule has 0 bridgehead atoms. The summed E-state index contributed by atoms with van der Waals surface area (Å²) in [5.41, 5.74) is -0.173. The number of ether oxygens (including phenoxy) is 1. The van der Waals surface area contributed by atoms with Crippen molar-refractivity contribution in [1.82, 2.24) is 15.1 Å². The number of carboxylic acid groups (broad SMARTS) is 1. The minimum Gasteiger partial charge on any atom is -0.481 e. The lowest BCUT2D eigenvalue weighted by Crippen LogP contribution is -2.54. The predicted molar refractivity (Wildman–Crippen MR) is 79.3 cm³/mol. The van der Waals surface area contributed by atoms with Crippen molar-refractivity contribution in [2.45, 2.75) is 32.4 Å². The number of aliphatic carboxylic acids is 1. The van der Waals surface area contributed by atoms with Gasteiger partial charge in [-0.1, -0.05) is 0 Å². The van der Waals surface area contributed by atoms with E-state index in [1.165, 1.54) is 0 Å². The fourth-order valence-corrected chi connectivity index (χ4v) is 2.17. The van der Waals surface area contributed by atoms with Crippen LogP contribution in [0.15, 0.2) is 0 Å². The Morgan fingerprint density at radius 2 is 1.95 bits per heavy atom. The molecule has 0 aliphatic carbocycles. The highest BCUT2D eigenvalue weighted by molar-refractivity contribution is 5.77. The van der Waals surface area contributed by atoms with Gasteiger partial charge in [0.2, 0.25) is 0 Å². The standard InChI is InChI=1S/C14H27N3O4/c1-6-17(11-8-21-7-10(11)12(18)19)13(20)15-9-14(2,3)16(4)5/h10-11H,6-9H2,1-5H3,(H,15,20)(H,18,19). The van der Waals surface area contributed by atoms with Crippen LogP contribution in [-0.4, -0.2) is 78.9 Å². The first-order valence-corrected chi connectivity index (χ1v) is 7.23. The number of carbonyl (C=O) groups excluding carboxylic acids is 1. The van der Waals surface area contributed by atoms with Crippen LogP contribution in [-0.2, 0) is 9.53 Å². The molecule has 2 amide bonds. The van der Waals surface area contributed by atoms with Gasteiger partial charge in [-0.15, -0.1) is 0 Å². The Balaban J connectivity index is 2.67. The van der Waals surface area contributed by atoms with Crippen LogP contribution in [0, 0.1) is 5.92 Å². The van der Waals surface area contributed by atoms with Crippen molar-refractivity contribution in [3.63, 3.8) is 0 Å². The number of hydrogen-bond acceptors (Lipinski definition) is 4. The Labute approximate surface area is 126 Å². The normalized spacial score (nSPS) is 22.4. The number of urea groups is 1. The van der Waals surface area contributed by atoms with Gasteiger partial charge in [0.25, 0.3) is 0 Å². The van der Waals surface area contributed by atoms with E-state index in [9.17, 15) is 14.7 Å². The van der Waals surface area contributed by atoms with Gasteiger partial charge in [-0.3, -0.25) is 4.79 Å². The summed E-state index contributed by atoms with van der Waals surface area (Å²) in [6, 6.07) is -0.649. The number of carboxylic acids is 1. The van der Waals surface area contributed by atoms with Crippen LogP contribution in [0.4, 0.5) is 4.79 Å². The third kappa shape index (κ3) is 4.31. The van der Waals surface area contributed by atoms with Crippen molar-refractivity contribution in [3.8, 4) is 0 Å². The van der Waals surface area contributed by atoms with Gasteiger partial charge in [0.05, 0.1) is 19.3 Å². The first-order valence-electron chi connectivity index (χ1n) is 7.23. The lowest BCUT2D eigenvalue weighted by Gasteiger charge is -2.35. The largest absolute Gasteiger partial charge is 0.481 e. The molecule has 2 unspecified atom stereocenters. The molecule has 2 N–H and O–H groups in total. The molecule has 0 radical (unpaired) electrons. The van der Waals surface area contributed by atoms with E-state index in [2.05, 4.69) is 5.32 Å². The molecule has 7 nitrogen and oxygen atoms in total. The zero-order chi connectivity index (χ0) is 16.2. The minimum absolute atomic E-state index is 0.160. The molecule has 0 aromatic carbocycles. The highest BCUT2D eigenvalue weighted by Gasteiger charge is 2.39. The highest BCUT2D eigenvalue weighted by Crippen LogP contribution is 2.20. The second-order valence-corrected chi connectivity index (χ2v) is 6.20. The van der Waals surface area contributed by atoms with Gasteiger partial charge in [0, 0.05) is 18.6 Å². The van der Waals surface area contributed by atoms with E-state index < -0.39 is 17.9 Å². The smallest absolute Gasteiger partial charge is 0.317 e. The molecule has 1 rings (SSSR count). The van der Waals surface area contributed by atoms with Crippen LogP contribution in [0.25, 0.3) is 0 Å². The number of rotatable bonds is 6. The van der Waals surface area contributed by atoms with Gasteiger partial charge in [0.1, 0.15) is 5.92 Å². The maximum absolute atomic E-state index is 12.3. The maximum atomic E-state index is 12.3. The fourth-order valence-electron chi connectivity index (χ4n) is 2.17. The molecule has 1 saturated heterocycles. The van der Waals surface area contributed by atoms with Gasteiger partial charge in [-0.05, 0) is 34.9 Å². The Kier molecular flexibility index (Phi) is 5.98. The second kappa shape index (κ2) is 7.09. The van der Waals surface area contributed by atoms with E-state index in [1.807, 2.05) is 39.8 Å². The van der Waals surface area contributed by atoms with Crippen molar-refractivity contribution < 1.29 is 19.4 Å². The van der Waals surface area contributed by atoms with Crippen molar-refractivity contribution in [3.05, 3.63) is 0 Å². The molecular weight excluding hydrogens is 274 g/mol. The van der Waals surface area contributed by atoms with Crippen LogP contribution in [0.5, 0.6) is 0 Å². The lowest BCUT2D eigenvalue weighted by atomic mass is 10.0. The molecule has 0 aromatic rings. The number of nitrogens with one attached hydrogen (secondary N) is 1. The summed E-state index contributed by atoms with van der Waals surface area (Å²) >= 11 is 0. The first kappa shape index (κ1) is 17.7. The van der Waals surface area contributed by atoms with E-state index in [-0.39, 0.29) is 24.8 Å². The third-order valence-electron chi connectivity index (χ3n) is 4.25. The van der Waals surface area contributed by atoms with E-state index in [0.717, 1.165) is 0 Å². The summed E-state index contributed by atoms with van der Waals surface area (Å²) in [7, 11) is 3.91. The summed E-state index contributed by atoms with van der Waals surface area (Å²) < 4.78 is 5.24. The molecule has 0 saturated carbocycles. The molecule has 1 fully saturated rings. The van der Waals surface area contributed by atoms with Gasteiger partial charge in [-0.2, -0.15) is 0 Å². The maximum Gasteiger partial charge on any atom is 0.317 e. The zero-order valence-corrected chi connectivity index (χ0v) is 13.5. The number of likely N-dealkylation sites (N-methyl/N-ethyl adjacent to an activating group) is 2. The summed E-state index contributed by atoms with van der Waals surface area (Å²) in [5.74, 6) is -1.57. The summed E-state index contributed by atoms with van der Waals surface area (Å²) in [6.07, 6.45) is 0. The van der Waals surface area contributed by atoms with E-state index in [4.69, 9.17) is 4.74 Å². The van der Waals surface area contributed by atoms with E-state index in [1.54, 1.807) is 4.90 Å². The third-order valence-corrected chi connectivity index (χ3v) is 4.25. The lowest BCUT2D eigenvalue weighted by molar-refractivity contribution is -0.142. The van der Waals surface area contributed by atoms with Crippen LogP contribution < -0.4 is 5.32 Å². The Bertz CT molecular complexity index is 384. The number of nitrogens with zero attached hydrogens (tertiary/aromatic N) is 2. The van der Waals surface area contributed by atoms with Gasteiger partial charge in [0.15, 0.2) is 0 Å². The van der Waals surface area contributed by atoms with E-state index in [0.29, 0.717) is 13.1 Å². The average molecular weight is 301 g/mol.